The first-order valence-corrected chi connectivity index (χ1v) is 5.97. The predicted octanol–water partition coefficient (Wildman–Crippen LogP) is 3.59. The highest BCUT2D eigenvalue weighted by molar-refractivity contribution is 4.83. The number of hydrogen-bond donors (Lipinski definition) is 1. The standard InChI is InChI=1S/C10H21N.C2H6/c1-3-10(8-9-11-2)6-4-5-7-10;1-2/h11H,3-9H2,1-2H3;1-2H3. The molecule has 1 nitrogen and oxygen atoms in total. The maximum Gasteiger partial charge on any atom is -0.00466 e. The summed E-state index contributed by atoms with van der Waals surface area (Å²) in [5.74, 6) is 0. The molecule has 0 aliphatic heterocycles. The van der Waals surface area contributed by atoms with E-state index in [1.165, 1.54) is 45.1 Å². The molecule has 80 valence electrons. The Hall–Kier alpha value is -0.0400. The minimum Gasteiger partial charge on any atom is -0.320 e. The van der Waals surface area contributed by atoms with Crippen LogP contribution in [0, 0.1) is 5.41 Å². The molecule has 0 saturated heterocycles. The van der Waals surface area contributed by atoms with Gasteiger partial charge < -0.3 is 5.32 Å². The van der Waals surface area contributed by atoms with Crippen LogP contribution in [0.15, 0.2) is 0 Å². The third-order valence-electron chi connectivity index (χ3n) is 3.32. The second kappa shape index (κ2) is 7.37. The van der Waals surface area contributed by atoms with E-state index >= 15 is 0 Å². The topological polar surface area (TPSA) is 12.0 Å². The average Bonchev–Trinajstić information content (AvgIpc) is 2.67. The van der Waals surface area contributed by atoms with Gasteiger partial charge in [0.1, 0.15) is 0 Å². The first kappa shape index (κ1) is 13.0. The van der Waals surface area contributed by atoms with Crippen molar-refractivity contribution < 1.29 is 0 Å². The van der Waals surface area contributed by atoms with E-state index in [0.29, 0.717) is 0 Å². The Bertz CT molecular complexity index is 104. The molecular formula is C12H27N. The molecule has 13 heavy (non-hydrogen) atoms. The Morgan fingerprint density at radius 2 is 1.69 bits per heavy atom. The lowest BCUT2D eigenvalue weighted by molar-refractivity contribution is 0.259. The molecule has 0 heterocycles. The van der Waals surface area contributed by atoms with E-state index in [1.54, 1.807) is 0 Å². The molecule has 1 rings (SSSR count). The summed E-state index contributed by atoms with van der Waals surface area (Å²) in [6.07, 6.45) is 8.67. The van der Waals surface area contributed by atoms with Crippen LogP contribution in [0.4, 0.5) is 0 Å². The van der Waals surface area contributed by atoms with Gasteiger partial charge in [0.05, 0.1) is 0 Å². The first-order chi connectivity index (χ1) is 6.33. The number of hydrogen-bond acceptors (Lipinski definition) is 1. The zero-order valence-electron chi connectivity index (χ0n) is 9.95. The van der Waals surface area contributed by atoms with Gasteiger partial charge in [-0.1, -0.05) is 40.0 Å². The van der Waals surface area contributed by atoms with Gasteiger partial charge >= 0.3 is 0 Å². The lowest BCUT2D eigenvalue weighted by Gasteiger charge is -2.27. The Morgan fingerprint density at radius 3 is 2.08 bits per heavy atom. The fourth-order valence-corrected chi connectivity index (χ4v) is 2.30. The maximum absolute atomic E-state index is 3.25. The monoisotopic (exact) mass is 185 g/mol. The van der Waals surface area contributed by atoms with E-state index < -0.39 is 0 Å². The van der Waals surface area contributed by atoms with Crippen molar-refractivity contribution >= 4 is 0 Å². The molecule has 1 aliphatic carbocycles. The van der Waals surface area contributed by atoms with Crippen LogP contribution in [0.3, 0.4) is 0 Å². The molecule has 0 atom stereocenters. The lowest BCUT2D eigenvalue weighted by atomic mass is 9.80. The van der Waals surface area contributed by atoms with Gasteiger partial charge in [0.2, 0.25) is 0 Å². The molecular weight excluding hydrogens is 158 g/mol. The first-order valence-electron chi connectivity index (χ1n) is 5.97. The fourth-order valence-electron chi connectivity index (χ4n) is 2.30. The van der Waals surface area contributed by atoms with Crippen LogP contribution in [0.2, 0.25) is 0 Å². The third-order valence-corrected chi connectivity index (χ3v) is 3.32. The summed E-state index contributed by atoms with van der Waals surface area (Å²) in [5, 5.41) is 3.25. The average molecular weight is 185 g/mol. The number of rotatable bonds is 4. The van der Waals surface area contributed by atoms with Gasteiger partial charge in [0, 0.05) is 0 Å². The van der Waals surface area contributed by atoms with Crippen LogP contribution in [-0.4, -0.2) is 13.6 Å². The van der Waals surface area contributed by atoms with Gasteiger partial charge in [-0.2, -0.15) is 0 Å². The molecule has 0 spiro atoms. The Labute approximate surface area is 84.3 Å². The Balaban J connectivity index is 0.000000671. The molecule has 0 aromatic rings. The van der Waals surface area contributed by atoms with E-state index in [2.05, 4.69) is 19.3 Å². The molecule has 0 radical (unpaired) electrons. The highest BCUT2D eigenvalue weighted by Crippen LogP contribution is 2.43. The summed E-state index contributed by atoms with van der Waals surface area (Å²) in [6, 6.07) is 0. The van der Waals surface area contributed by atoms with Gasteiger partial charge in [-0.3, -0.25) is 0 Å². The van der Waals surface area contributed by atoms with Crippen molar-refractivity contribution in [2.75, 3.05) is 13.6 Å². The summed E-state index contributed by atoms with van der Waals surface area (Å²) >= 11 is 0. The van der Waals surface area contributed by atoms with Crippen LogP contribution < -0.4 is 5.32 Å². The van der Waals surface area contributed by atoms with Gasteiger partial charge in [-0.25, -0.2) is 0 Å². The molecule has 1 N–H and O–H groups in total. The maximum atomic E-state index is 3.25. The van der Waals surface area contributed by atoms with E-state index in [-0.39, 0.29) is 0 Å². The van der Waals surface area contributed by atoms with Gasteiger partial charge in [-0.15, -0.1) is 0 Å². The summed E-state index contributed by atoms with van der Waals surface area (Å²) in [6.45, 7) is 7.55. The molecule has 1 fully saturated rings. The van der Waals surface area contributed by atoms with Gasteiger partial charge in [-0.05, 0) is 38.3 Å². The van der Waals surface area contributed by atoms with Crippen LogP contribution in [0.5, 0.6) is 0 Å². The van der Waals surface area contributed by atoms with Crippen LogP contribution >= 0.6 is 0 Å². The molecule has 0 unspecified atom stereocenters. The molecule has 1 aliphatic rings. The minimum atomic E-state index is 0.725. The van der Waals surface area contributed by atoms with Crippen LogP contribution in [0.1, 0.15) is 59.3 Å². The largest absolute Gasteiger partial charge is 0.320 e. The van der Waals surface area contributed by atoms with E-state index in [4.69, 9.17) is 0 Å². The lowest BCUT2D eigenvalue weighted by Crippen LogP contribution is -2.21. The molecule has 1 heteroatoms. The van der Waals surface area contributed by atoms with Gasteiger partial charge in [0.15, 0.2) is 0 Å². The van der Waals surface area contributed by atoms with Crippen molar-refractivity contribution in [3.8, 4) is 0 Å². The summed E-state index contributed by atoms with van der Waals surface area (Å²) in [5.41, 5.74) is 0.725. The van der Waals surface area contributed by atoms with Crippen molar-refractivity contribution in [3.05, 3.63) is 0 Å². The van der Waals surface area contributed by atoms with Crippen LogP contribution in [0.25, 0.3) is 0 Å². The highest BCUT2D eigenvalue weighted by atomic mass is 14.8. The fraction of sp³-hybridized carbons (Fsp3) is 1.00. The summed E-state index contributed by atoms with van der Waals surface area (Å²) < 4.78 is 0. The van der Waals surface area contributed by atoms with Crippen molar-refractivity contribution in [1.82, 2.24) is 5.32 Å². The predicted molar refractivity (Wildman–Crippen MR) is 61.1 cm³/mol. The zero-order chi connectivity index (χ0) is 10.2. The van der Waals surface area contributed by atoms with E-state index in [9.17, 15) is 0 Å². The quantitative estimate of drug-likeness (QED) is 0.705. The Morgan fingerprint density at radius 1 is 1.15 bits per heavy atom. The SMILES string of the molecule is CC.CCC1(CCNC)CCCC1. The third kappa shape index (κ3) is 4.12. The number of nitrogens with one attached hydrogen (secondary N) is 1. The molecule has 1 saturated carbocycles. The summed E-state index contributed by atoms with van der Waals surface area (Å²) in [4.78, 5) is 0. The van der Waals surface area contributed by atoms with E-state index in [1.807, 2.05) is 13.8 Å². The van der Waals surface area contributed by atoms with E-state index in [0.717, 1.165) is 5.41 Å². The highest BCUT2D eigenvalue weighted by Gasteiger charge is 2.30. The molecule has 0 amide bonds. The second-order valence-corrected chi connectivity index (χ2v) is 3.91. The normalized spacial score (nSPS) is 19.4. The second-order valence-electron chi connectivity index (χ2n) is 3.91. The zero-order valence-corrected chi connectivity index (χ0v) is 9.95. The van der Waals surface area contributed by atoms with Crippen molar-refractivity contribution in [2.45, 2.75) is 59.3 Å². The molecule has 0 aromatic heterocycles. The summed E-state index contributed by atoms with van der Waals surface area (Å²) in [7, 11) is 2.05. The van der Waals surface area contributed by atoms with Crippen molar-refractivity contribution in [2.24, 2.45) is 5.41 Å². The molecule has 0 bridgehead atoms. The smallest absolute Gasteiger partial charge is 0.00466 e. The van der Waals surface area contributed by atoms with Crippen molar-refractivity contribution in [1.29, 1.82) is 0 Å². The minimum absolute atomic E-state index is 0.725. The van der Waals surface area contributed by atoms with Crippen molar-refractivity contribution in [3.63, 3.8) is 0 Å². The van der Waals surface area contributed by atoms with Crippen LogP contribution in [-0.2, 0) is 0 Å². The van der Waals surface area contributed by atoms with Gasteiger partial charge in [0.25, 0.3) is 0 Å². The molecule has 0 aromatic carbocycles. The Kier molecular flexibility index (Phi) is 7.35.